The molecule has 18 heavy (non-hydrogen) atoms. The summed E-state index contributed by atoms with van der Waals surface area (Å²) in [6.45, 7) is 10.7. The molecule has 0 radical (unpaired) electrons. The third-order valence-corrected chi connectivity index (χ3v) is 4.01. The zero-order valence-electron chi connectivity index (χ0n) is 12.2. The molecule has 1 heterocycles. The van der Waals surface area contributed by atoms with Gasteiger partial charge in [-0.1, -0.05) is 19.0 Å². The zero-order valence-corrected chi connectivity index (χ0v) is 12.2. The molecule has 3 N–H and O–H groups in total. The molecule has 0 aliphatic carbocycles. The molecule has 1 rings (SSSR count). The predicted octanol–water partition coefficient (Wildman–Crippen LogP) is 1.18. The Labute approximate surface area is 111 Å². The maximum Gasteiger partial charge on any atom is 0.144 e. The van der Waals surface area contributed by atoms with Gasteiger partial charge in [0.2, 0.25) is 0 Å². The molecule has 5 nitrogen and oxygen atoms in total. The normalized spacial score (nSPS) is 25.1. The molecule has 1 aliphatic heterocycles. The molecule has 0 spiro atoms. The van der Waals surface area contributed by atoms with Crippen LogP contribution in [0.15, 0.2) is 5.16 Å². The van der Waals surface area contributed by atoms with Crippen molar-refractivity contribution in [2.75, 3.05) is 33.2 Å². The number of hydrogen-bond acceptors (Lipinski definition) is 4. The SMILES string of the molecule is CC1CN(C)CCCN1CCC(C)(C)C(N)=NO. The molecule has 0 amide bonds. The van der Waals surface area contributed by atoms with Gasteiger partial charge in [-0.05, 0) is 46.4 Å². The molecule has 5 heteroatoms. The Hall–Kier alpha value is -0.810. The van der Waals surface area contributed by atoms with Crippen LogP contribution in [0.4, 0.5) is 0 Å². The van der Waals surface area contributed by atoms with Crippen molar-refractivity contribution in [3.63, 3.8) is 0 Å². The Bertz CT molecular complexity index is 291. The van der Waals surface area contributed by atoms with Crippen molar-refractivity contribution in [1.82, 2.24) is 9.80 Å². The summed E-state index contributed by atoms with van der Waals surface area (Å²) in [6.07, 6.45) is 2.13. The van der Waals surface area contributed by atoms with E-state index < -0.39 is 0 Å². The molecule has 106 valence electrons. The smallest absolute Gasteiger partial charge is 0.144 e. The second kappa shape index (κ2) is 6.38. The van der Waals surface area contributed by atoms with E-state index >= 15 is 0 Å². The third-order valence-electron chi connectivity index (χ3n) is 4.01. The van der Waals surface area contributed by atoms with E-state index in [0.29, 0.717) is 11.9 Å². The lowest BCUT2D eigenvalue weighted by molar-refractivity contribution is 0.184. The average Bonchev–Trinajstić information content (AvgIpc) is 2.46. The fraction of sp³-hybridized carbons (Fsp3) is 0.923. The minimum Gasteiger partial charge on any atom is -0.409 e. The van der Waals surface area contributed by atoms with E-state index in [9.17, 15) is 0 Å². The van der Waals surface area contributed by atoms with Crippen molar-refractivity contribution in [3.05, 3.63) is 0 Å². The minimum absolute atomic E-state index is 0.243. The van der Waals surface area contributed by atoms with E-state index in [0.717, 1.165) is 26.1 Å². The number of amidine groups is 1. The number of hydrogen-bond donors (Lipinski definition) is 2. The highest BCUT2D eigenvalue weighted by atomic mass is 16.4. The van der Waals surface area contributed by atoms with E-state index in [2.05, 4.69) is 28.9 Å². The Morgan fingerprint density at radius 1 is 1.44 bits per heavy atom. The van der Waals surface area contributed by atoms with Crippen LogP contribution >= 0.6 is 0 Å². The van der Waals surface area contributed by atoms with Crippen LogP contribution in [0.5, 0.6) is 0 Å². The Balaban J connectivity index is 2.52. The van der Waals surface area contributed by atoms with E-state index in [1.165, 1.54) is 13.0 Å². The molecular formula is C13H28N4O. The van der Waals surface area contributed by atoms with Gasteiger partial charge >= 0.3 is 0 Å². The second-order valence-electron chi connectivity index (χ2n) is 6.12. The number of likely N-dealkylation sites (N-methyl/N-ethyl adjacent to an activating group) is 1. The Morgan fingerprint density at radius 2 is 2.11 bits per heavy atom. The molecular weight excluding hydrogens is 228 g/mol. The van der Waals surface area contributed by atoms with Gasteiger partial charge in [-0.25, -0.2) is 0 Å². The first-order valence-corrected chi connectivity index (χ1v) is 6.77. The van der Waals surface area contributed by atoms with Crippen LogP contribution in [0.3, 0.4) is 0 Å². The van der Waals surface area contributed by atoms with Crippen molar-refractivity contribution in [3.8, 4) is 0 Å². The summed E-state index contributed by atoms with van der Waals surface area (Å²) >= 11 is 0. The number of rotatable bonds is 4. The second-order valence-corrected chi connectivity index (χ2v) is 6.12. The fourth-order valence-corrected chi connectivity index (χ4v) is 2.44. The van der Waals surface area contributed by atoms with Gasteiger partial charge in [0.1, 0.15) is 5.84 Å². The monoisotopic (exact) mass is 256 g/mol. The summed E-state index contributed by atoms with van der Waals surface area (Å²) in [5.74, 6) is 0.321. The number of nitrogens with two attached hydrogens (primary N) is 1. The Kier molecular flexibility index (Phi) is 5.41. The maximum absolute atomic E-state index is 8.78. The summed E-state index contributed by atoms with van der Waals surface area (Å²) in [5.41, 5.74) is 5.48. The molecule has 0 aromatic rings. The van der Waals surface area contributed by atoms with Crippen molar-refractivity contribution in [2.24, 2.45) is 16.3 Å². The predicted molar refractivity (Wildman–Crippen MR) is 75.0 cm³/mol. The lowest BCUT2D eigenvalue weighted by Crippen LogP contribution is -2.41. The van der Waals surface area contributed by atoms with Gasteiger partial charge in [0.15, 0.2) is 0 Å². The largest absolute Gasteiger partial charge is 0.409 e. The van der Waals surface area contributed by atoms with Crippen molar-refractivity contribution >= 4 is 5.84 Å². The quantitative estimate of drug-likeness (QED) is 0.343. The van der Waals surface area contributed by atoms with Crippen LogP contribution in [0.25, 0.3) is 0 Å². The van der Waals surface area contributed by atoms with Crippen molar-refractivity contribution < 1.29 is 5.21 Å². The van der Waals surface area contributed by atoms with E-state index in [-0.39, 0.29) is 5.41 Å². The third kappa shape index (κ3) is 4.14. The standard InChI is InChI=1S/C13H28N4O/c1-11-10-16(4)7-5-8-17(11)9-6-13(2,3)12(14)15-18/h11,18H,5-10H2,1-4H3,(H2,14,15). The van der Waals surface area contributed by atoms with Crippen LogP contribution in [0.2, 0.25) is 0 Å². The van der Waals surface area contributed by atoms with Gasteiger partial charge in [-0.2, -0.15) is 0 Å². The van der Waals surface area contributed by atoms with Gasteiger partial charge in [-0.3, -0.25) is 4.90 Å². The van der Waals surface area contributed by atoms with Crippen LogP contribution in [0.1, 0.15) is 33.6 Å². The van der Waals surface area contributed by atoms with Crippen LogP contribution in [-0.2, 0) is 0 Å². The van der Waals surface area contributed by atoms with Gasteiger partial charge < -0.3 is 15.8 Å². The van der Waals surface area contributed by atoms with Crippen LogP contribution < -0.4 is 5.73 Å². The molecule has 1 unspecified atom stereocenters. The molecule has 0 saturated carbocycles. The van der Waals surface area contributed by atoms with E-state index in [1.807, 2.05) is 13.8 Å². The fourth-order valence-electron chi connectivity index (χ4n) is 2.44. The number of oxime groups is 1. The molecule has 0 aromatic carbocycles. The minimum atomic E-state index is -0.243. The summed E-state index contributed by atoms with van der Waals surface area (Å²) in [7, 11) is 2.18. The summed E-state index contributed by atoms with van der Waals surface area (Å²) in [5, 5.41) is 11.9. The van der Waals surface area contributed by atoms with Crippen molar-refractivity contribution in [2.45, 2.75) is 39.7 Å². The molecule has 0 bridgehead atoms. The molecule has 1 aliphatic rings. The average molecular weight is 256 g/mol. The van der Waals surface area contributed by atoms with Crippen LogP contribution in [0, 0.1) is 5.41 Å². The summed E-state index contributed by atoms with van der Waals surface area (Å²) in [6, 6.07) is 0.570. The lowest BCUT2D eigenvalue weighted by atomic mass is 9.87. The topological polar surface area (TPSA) is 65.1 Å². The van der Waals surface area contributed by atoms with Crippen LogP contribution in [-0.4, -0.2) is 60.1 Å². The first kappa shape index (κ1) is 15.2. The van der Waals surface area contributed by atoms with E-state index in [4.69, 9.17) is 10.9 Å². The zero-order chi connectivity index (χ0) is 13.8. The highest BCUT2D eigenvalue weighted by molar-refractivity contribution is 5.85. The highest BCUT2D eigenvalue weighted by Crippen LogP contribution is 2.22. The summed E-state index contributed by atoms with van der Waals surface area (Å²) < 4.78 is 0. The molecule has 0 aromatic heterocycles. The van der Waals surface area contributed by atoms with Gasteiger partial charge in [0.05, 0.1) is 0 Å². The molecule has 1 saturated heterocycles. The maximum atomic E-state index is 8.78. The highest BCUT2D eigenvalue weighted by Gasteiger charge is 2.26. The first-order chi connectivity index (χ1) is 8.36. The molecule has 1 fully saturated rings. The summed E-state index contributed by atoms with van der Waals surface area (Å²) in [4.78, 5) is 4.90. The van der Waals surface area contributed by atoms with Gasteiger partial charge in [-0.15, -0.1) is 0 Å². The van der Waals surface area contributed by atoms with Gasteiger partial charge in [0, 0.05) is 18.0 Å². The lowest BCUT2D eigenvalue weighted by Gasteiger charge is -2.31. The first-order valence-electron chi connectivity index (χ1n) is 6.77. The molecule has 1 atom stereocenters. The number of nitrogens with zero attached hydrogens (tertiary/aromatic N) is 3. The van der Waals surface area contributed by atoms with Crippen molar-refractivity contribution in [1.29, 1.82) is 0 Å². The Morgan fingerprint density at radius 3 is 2.72 bits per heavy atom. The van der Waals surface area contributed by atoms with E-state index in [1.54, 1.807) is 0 Å². The van der Waals surface area contributed by atoms with Gasteiger partial charge in [0.25, 0.3) is 0 Å².